The minimum Gasteiger partial charge on any atom is -0.472 e. The van der Waals surface area contributed by atoms with E-state index in [1.165, 1.54) is 51.4 Å². The molecule has 0 aliphatic carbocycles. The van der Waals surface area contributed by atoms with Gasteiger partial charge in [-0.3, -0.25) is 0 Å². The first-order chi connectivity index (χ1) is 16.7. The van der Waals surface area contributed by atoms with E-state index in [-0.39, 0.29) is 0 Å². The Labute approximate surface area is 208 Å². The first-order valence-corrected chi connectivity index (χ1v) is 13.0. The SMILES string of the molecule is C#C/C=C/[C@@H](O)CCCCCC#CC/C=C\CCCCCCCCCCC/C=C\C#CC(=O)O. The molecule has 1 atom stereocenters. The van der Waals surface area contributed by atoms with E-state index in [1.807, 2.05) is 6.08 Å². The van der Waals surface area contributed by atoms with Gasteiger partial charge in [-0.25, -0.2) is 4.79 Å². The van der Waals surface area contributed by atoms with E-state index in [1.54, 1.807) is 18.2 Å². The van der Waals surface area contributed by atoms with Gasteiger partial charge in [0.15, 0.2) is 0 Å². The minimum atomic E-state index is -1.08. The van der Waals surface area contributed by atoms with Gasteiger partial charge in [0.1, 0.15) is 0 Å². The maximum atomic E-state index is 10.2. The Balaban J connectivity index is 3.34. The van der Waals surface area contributed by atoms with Gasteiger partial charge in [-0.2, -0.15) is 0 Å². The molecule has 0 amide bonds. The Morgan fingerprint density at radius 1 is 0.765 bits per heavy atom. The van der Waals surface area contributed by atoms with Crippen LogP contribution in [-0.4, -0.2) is 22.3 Å². The molecule has 0 aliphatic heterocycles. The fraction of sp³-hybridized carbons (Fsp3) is 0.581. The zero-order valence-corrected chi connectivity index (χ0v) is 20.9. The van der Waals surface area contributed by atoms with Crippen LogP contribution in [-0.2, 0) is 4.79 Å². The zero-order valence-electron chi connectivity index (χ0n) is 20.9. The van der Waals surface area contributed by atoms with Gasteiger partial charge in [0.05, 0.1) is 6.10 Å². The smallest absolute Gasteiger partial charge is 0.382 e. The molecule has 0 aromatic heterocycles. The summed E-state index contributed by atoms with van der Waals surface area (Å²) in [7, 11) is 0. The van der Waals surface area contributed by atoms with E-state index in [0.717, 1.165) is 57.8 Å². The van der Waals surface area contributed by atoms with Crippen molar-refractivity contribution in [2.24, 2.45) is 0 Å². The van der Waals surface area contributed by atoms with Crippen LogP contribution in [0.25, 0.3) is 0 Å². The molecular weight excluding hydrogens is 420 g/mol. The van der Waals surface area contributed by atoms with Gasteiger partial charge in [0.25, 0.3) is 0 Å². The number of rotatable bonds is 19. The Bertz CT molecular complexity index is 744. The number of hydrogen-bond donors (Lipinski definition) is 2. The molecule has 2 N–H and O–H groups in total. The highest BCUT2D eigenvalue weighted by molar-refractivity contribution is 5.86. The molecule has 3 nitrogen and oxygen atoms in total. The van der Waals surface area contributed by atoms with E-state index in [4.69, 9.17) is 11.5 Å². The van der Waals surface area contributed by atoms with Crippen molar-refractivity contribution in [1.29, 1.82) is 0 Å². The highest BCUT2D eigenvalue weighted by Gasteiger charge is 1.97. The molecule has 0 saturated heterocycles. The molecule has 0 aromatic rings. The summed E-state index contributed by atoms with van der Waals surface area (Å²) in [6.45, 7) is 0. The lowest BCUT2D eigenvalue weighted by molar-refractivity contribution is -0.130. The van der Waals surface area contributed by atoms with Crippen LogP contribution in [0.1, 0.15) is 109 Å². The minimum absolute atomic E-state index is 0.419. The van der Waals surface area contributed by atoms with E-state index >= 15 is 0 Å². The van der Waals surface area contributed by atoms with Crippen molar-refractivity contribution in [3.63, 3.8) is 0 Å². The molecule has 0 spiro atoms. The van der Waals surface area contributed by atoms with Crippen LogP contribution in [0.4, 0.5) is 0 Å². The summed E-state index contributed by atoms with van der Waals surface area (Å²) in [4.78, 5) is 10.2. The van der Waals surface area contributed by atoms with Crippen LogP contribution in [0.3, 0.4) is 0 Å². The second-order valence-electron chi connectivity index (χ2n) is 8.46. The molecule has 3 heteroatoms. The first-order valence-electron chi connectivity index (χ1n) is 13.0. The molecule has 0 unspecified atom stereocenters. The van der Waals surface area contributed by atoms with Crippen LogP contribution in [0.15, 0.2) is 36.5 Å². The maximum Gasteiger partial charge on any atom is 0.382 e. The summed E-state index contributed by atoms with van der Waals surface area (Å²) in [5, 5.41) is 18.0. The van der Waals surface area contributed by atoms with E-state index in [0.29, 0.717) is 0 Å². The van der Waals surface area contributed by atoms with Gasteiger partial charge < -0.3 is 10.2 Å². The predicted octanol–water partition coefficient (Wildman–Crippen LogP) is 7.37. The van der Waals surface area contributed by atoms with Crippen LogP contribution in [0.2, 0.25) is 0 Å². The predicted molar refractivity (Wildman–Crippen MR) is 144 cm³/mol. The molecule has 0 saturated carbocycles. The highest BCUT2D eigenvalue weighted by atomic mass is 16.4. The second-order valence-corrected chi connectivity index (χ2v) is 8.46. The van der Waals surface area contributed by atoms with Crippen molar-refractivity contribution in [1.82, 2.24) is 0 Å². The average Bonchev–Trinajstić information content (AvgIpc) is 2.82. The lowest BCUT2D eigenvalue weighted by Gasteiger charge is -2.03. The zero-order chi connectivity index (χ0) is 25.0. The van der Waals surface area contributed by atoms with Crippen LogP contribution < -0.4 is 0 Å². The lowest BCUT2D eigenvalue weighted by Crippen LogP contribution is -2.00. The van der Waals surface area contributed by atoms with E-state index in [2.05, 4.69) is 41.8 Å². The number of allylic oxidation sites excluding steroid dienone is 5. The van der Waals surface area contributed by atoms with Gasteiger partial charge in [-0.15, -0.1) is 12.3 Å². The summed E-state index contributed by atoms with van der Waals surface area (Å²) < 4.78 is 0. The number of carboxylic acid groups (broad SMARTS) is 1. The van der Waals surface area contributed by atoms with Gasteiger partial charge in [0.2, 0.25) is 0 Å². The molecule has 0 aromatic carbocycles. The third-order valence-electron chi connectivity index (χ3n) is 5.35. The van der Waals surface area contributed by atoms with Crippen LogP contribution >= 0.6 is 0 Å². The van der Waals surface area contributed by atoms with Crippen molar-refractivity contribution < 1.29 is 15.0 Å². The average molecular weight is 465 g/mol. The maximum absolute atomic E-state index is 10.2. The van der Waals surface area contributed by atoms with E-state index < -0.39 is 12.1 Å². The van der Waals surface area contributed by atoms with Crippen molar-refractivity contribution in [2.75, 3.05) is 0 Å². The summed E-state index contributed by atoms with van der Waals surface area (Å²) in [5.41, 5.74) is 0. The van der Waals surface area contributed by atoms with Gasteiger partial charge in [0, 0.05) is 18.8 Å². The number of aliphatic hydroxyl groups is 1. The largest absolute Gasteiger partial charge is 0.472 e. The number of aliphatic hydroxyl groups excluding tert-OH is 1. The van der Waals surface area contributed by atoms with Gasteiger partial charge in [-0.1, -0.05) is 93.8 Å². The first kappa shape index (κ1) is 31.3. The summed E-state index contributed by atoms with van der Waals surface area (Å²) in [6.07, 6.45) is 35.4. The van der Waals surface area contributed by atoms with Crippen LogP contribution in [0, 0.1) is 36.0 Å². The Morgan fingerprint density at radius 3 is 2.03 bits per heavy atom. The highest BCUT2D eigenvalue weighted by Crippen LogP contribution is 2.12. The molecule has 0 radical (unpaired) electrons. The molecule has 0 bridgehead atoms. The van der Waals surface area contributed by atoms with Crippen molar-refractivity contribution >= 4 is 5.97 Å². The summed E-state index contributed by atoms with van der Waals surface area (Å²) in [5.74, 6) is 12.3. The fourth-order valence-corrected chi connectivity index (χ4v) is 3.43. The molecule has 34 heavy (non-hydrogen) atoms. The molecular formula is C31H44O3. The lowest BCUT2D eigenvalue weighted by atomic mass is 10.1. The molecule has 0 heterocycles. The number of carbonyl (C=O) groups is 1. The normalized spacial score (nSPS) is 11.8. The number of unbranched alkanes of at least 4 members (excludes halogenated alkanes) is 13. The number of hydrogen-bond acceptors (Lipinski definition) is 2. The van der Waals surface area contributed by atoms with E-state index in [9.17, 15) is 9.90 Å². The number of aliphatic carboxylic acids is 1. The Hall–Kier alpha value is -2.67. The summed E-state index contributed by atoms with van der Waals surface area (Å²) >= 11 is 0. The third kappa shape index (κ3) is 27.4. The fourth-order valence-electron chi connectivity index (χ4n) is 3.43. The molecule has 0 fully saturated rings. The van der Waals surface area contributed by atoms with Crippen molar-refractivity contribution in [3.8, 4) is 36.0 Å². The quantitative estimate of drug-likeness (QED) is 0.119. The van der Waals surface area contributed by atoms with Crippen molar-refractivity contribution in [3.05, 3.63) is 36.5 Å². The Kier molecular flexibility index (Phi) is 24.5. The third-order valence-corrected chi connectivity index (χ3v) is 5.35. The molecule has 0 rings (SSSR count). The number of carboxylic acids is 1. The topological polar surface area (TPSA) is 57.5 Å². The molecule has 186 valence electrons. The summed E-state index contributed by atoms with van der Waals surface area (Å²) in [6, 6.07) is 0. The number of terminal acetylenes is 1. The van der Waals surface area contributed by atoms with Crippen molar-refractivity contribution in [2.45, 2.75) is 115 Å². The standard InChI is InChI=1S/C31H44O3/c1-2-3-27-30(32)28-25-23-21-19-17-15-13-11-9-7-5-4-6-8-10-12-14-16-18-20-22-24-26-29-31(33)34/h1,3,9,11,22,24,27,30,32H,4-8,10,12-14,16,18-21,23,25,28H2,(H,33,34)/b11-9-,24-22-,27-3+/t30-/m1/s1. The van der Waals surface area contributed by atoms with Crippen LogP contribution in [0.5, 0.6) is 0 Å². The Morgan fingerprint density at radius 2 is 1.38 bits per heavy atom. The second kappa shape index (κ2) is 26.6. The monoisotopic (exact) mass is 464 g/mol. The van der Waals surface area contributed by atoms with Gasteiger partial charge >= 0.3 is 5.97 Å². The molecule has 0 aliphatic rings. The van der Waals surface area contributed by atoms with Gasteiger partial charge in [-0.05, 0) is 56.8 Å².